The molecule has 4 nitrogen and oxygen atoms in total. The van der Waals surface area contributed by atoms with Crippen molar-refractivity contribution in [3.63, 3.8) is 0 Å². The fraction of sp³-hybridized carbons (Fsp3) is 0.385. The minimum absolute atomic E-state index is 0.0281. The highest BCUT2D eigenvalue weighted by Gasteiger charge is 2.36. The van der Waals surface area contributed by atoms with Crippen LogP contribution in [0.1, 0.15) is 58.3 Å². The summed E-state index contributed by atoms with van der Waals surface area (Å²) in [5.74, 6) is -0.833. The molecule has 0 saturated carbocycles. The third-order valence-corrected chi connectivity index (χ3v) is 6.45. The molecule has 1 heterocycles. The highest BCUT2D eigenvalue weighted by atomic mass is 19.2. The molecule has 9 heteroatoms. The van der Waals surface area contributed by atoms with Crippen molar-refractivity contribution in [3.05, 3.63) is 75.4 Å². The van der Waals surface area contributed by atoms with Crippen LogP contribution in [0.4, 0.5) is 22.0 Å². The first kappa shape index (κ1) is 26.4. The second-order valence-electron chi connectivity index (χ2n) is 8.49. The maximum absolute atomic E-state index is 14.7. The van der Waals surface area contributed by atoms with Gasteiger partial charge in [-0.15, -0.1) is 0 Å². The largest absolute Gasteiger partial charge is 0.385 e. The lowest BCUT2D eigenvalue weighted by molar-refractivity contribution is 0.0929. The number of hydrogen-bond donors (Lipinski definition) is 1. The maximum Gasteiger partial charge on any atom is 0.156 e. The van der Waals surface area contributed by atoms with E-state index in [0.717, 1.165) is 30.3 Å². The van der Waals surface area contributed by atoms with Crippen LogP contribution >= 0.6 is 0 Å². The number of alkyl halides is 4. The third-order valence-electron chi connectivity index (χ3n) is 6.45. The van der Waals surface area contributed by atoms with Crippen LogP contribution in [-0.4, -0.2) is 34.4 Å². The highest BCUT2D eigenvalue weighted by molar-refractivity contribution is 5.73. The molecule has 0 fully saturated rings. The van der Waals surface area contributed by atoms with E-state index in [-0.39, 0.29) is 29.5 Å². The molecule has 1 aromatic heterocycles. The van der Waals surface area contributed by atoms with E-state index < -0.39 is 30.4 Å². The summed E-state index contributed by atoms with van der Waals surface area (Å²) in [6, 6.07) is 7.20. The number of rotatable bonds is 5. The Kier molecular flexibility index (Phi) is 7.96. The Morgan fingerprint density at radius 3 is 2.49 bits per heavy atom. The van der Waals surface area contributed by atoms with Crippen molar-refractivity contribution >= 4 is 0 Å². The first-order valence-electron chi connectivity index (χ1n) is 11.0. The number of aliphatic hydroxyl groups is 1. The molecule has 4 atom stereocenters. The van der Waals surface area contributed by atoms with Crippen molar-refractivity contribution < 1.29 is 27.1 Å². The van der Waals surface area contributed by atoms with Gasteiger partial charge in [0.05, 0.1) is 25.0 Å². The molecule has 35 heavy (non-hydrogen) atoms. The summed E-state index contributed by atoms with van der Waals surface area (Å²) in [5.41, 5.74) is 3.59. The van der Waals surface area contributed by atoms with E-state index in [1.807, 2.05) is 13.0 Å². The lowest BCUT2D eigenvalue weighted by Crippen LogP contribution is -2.11. The summed E-state index contributed by atoms with van der Waals surface area (Å²) in [7, 11) is 2.28. The number of nitriles is 1. The molecule has 4 unspecified atom stereocenters. The van der Waals surface area contributed by atoms with Gasteiger partial charge < -0.3 is 5.11 Å². The number of aromatic nitrogens is 2. The SMILES string of the molecule is CF.Cc1c(-c2ccc(Cc3c(C#N)cc(F)cc3C(F)C(C)F)c3c2C(O)C(F)C3)cnn1C. The Balaban J connectivity index is 0.00000167. The molecule has 186 valence electrons. The molecular weight excluding hydrogens is 465 g/mol. The molecule has 0 spiro atoms. The van der Waals surface area contributed by atoms with Gasteiger partial charge in [-0.25, -0.2) is 17.6 Å². The second-order valence-corrected chi connectivity index (χ2v) is 8.49. The van der Waals surface area contributed by atoms with Crippen molar-refractivity contribution in [1.29, 1.82) is 5.26 Å². The second kappa shape index (κ2) is 10.6. The monoisotopic (exact) mass is 491 g/mol. The average Bonchev–Trinajstić information content (AvgIpc) is 3.34. The minimum Gasteiger partial charge on any atom is -0.385 e. The number of nitrogens with zero attached hydrogens (tertiary/aromatic N) is 3. The van der Waals surface area contributed by atoms with Crippen LogP contribution in [0.3, 0.4) is 0 Å². The van der Waals surface area contributed by atoms with Crippen molar-refractivity contribution in [2.45, 2.75) is 51.3 Å². The van der Waals surface area contributed by atoms with Gasteiger partial charge in [0.2, 0.25) is 0 Å². The third kappa shape index (κ3) is 4.80. The van der Waals surface area contributed by atoms with Gasteiger partial charge in [-0.2, -0.15) is 10.4 Å². The number of fused-ring (bicyclic) bond motifs is 1. The van der Waals surface area contributed by atoms with E-state index in [2.05, 4.69) is 5.10 Å². The van der Waals surface area contributed by atoms with Gasteiger partial charge in [0, 0.05) is 24.7 Å². The molecule has 0 radical (unpaired) electrons. The van der Waals surface area contributed by atoms with Crippen LogP contribution in [-0.2, 0) is 19.9 Å². The zero-order valence-corrected chi connectivity index (χ0v) is 19.8. The Morgan fingerprint density at radius 2 is 1.91 bits per heavy atom. The lowest BCUT2D eigenvalue weighted by Gasteiger charge is -2.19. The van der Waals surface area contributed by atoms with Crippen molar-refractivity contribution in [2.75, 3.05) is 7.18 Å². The molecule has 0 saturated heterocycles. The number of aliphatic hydroxyl groups excluding tert-OH is 1. The lowest BCUT2D eigenvalue weighted by atomic mass is 9.87. The van der Waals surface area contributed by atoms with Crippen LogP contribution < -0.4 is 0 Å². The maximum atomic E-state index is 14.7. The molecule has 1 aliphatic rings. The summed E-state index contributed by atoms with van der Waals surface area (Å²) < 4.78 is 68.3. The average molecular weight is 492 g/mol. The Labute approximate surface area is 200 Å². The predicted octanol–water partition coefficient (Wildman–Crippen LogP) is 5.88. The van der Waals surface area contributed by atoms with Crippen molar-refractivity contribution in [2.24, 2.45) is 7.05 Å². The minimum atomic E-state index is -2.12. The van der Waals surface area contributed by atoms with Gasteiger partial charge in [-0.3, -0.25) is 9.07 Å². The van der Waals surface area contributed by atoms with E-state index in [0.29, 0.717) is 29.4 Å². The van der Waals surface area contributed by atoms with Crippen molar-refractivity contribution in [3.8, 4) is 17.2 Å². The highest BCUT2D eigenvalue weighted by Crippen LogP contribution is 2.43. The van der Waals surface area contributed by atoms with Gasteiger partial charge in [0.25, 0.3) is 0 Å². The summed E-state index contributed by atoms with van der Waals surface area (Å²) in [6.07, 6.45) is -5.35. The first-order chi connectivity index (χ1) is 16.6. The molecule has 1 N–H and O–H groups in total. The van der Waals surface area contributed by atoms with Gasteiger partial charge in [-0.1, -0.05) is 12.1 Å². The van der Waals surface area contributed by atoms with Crippen LogP contribution in [0.25, 0.3) is 11.1 Å². The van der Waals surface area contributed by atoms with E-state index >= 15 is 0 Å². The van der Waals surface area contributed by atoms with Crippen LogP contribution in [0.15, 0.2) is 30.5 Å². The smallest absolute Gasteiger partial charge is 0.156 e. The Hall–Kier alpha value is -3.25. The van der Waals surface area contributed by atoms with E-state index in [1.54, 1.807) is 30.1 Å². The first-order valence-corrected chi connectivity index (χ1v) is 11.0. The topological polar surface area (TPSA) is 61.8 Å². The zero-order valence-electron chi connectivity index (χ0n) is 19.8. The molecule has 0 aliphatic heterocycles. The van der Waals surface area contributed by atoms with Crippen LogP contribution in [0.5, 0.6) is 0 Å². The quantitative estimate of drug-likeness (QED) is 0.454. The Bertz CT molecular complexity index is 1260. The summed E-state index contributed by atoms with van der Waals surface area (Å²) >= 11 is 0. The number of hydrogen-bond acceptors (Lipinski definition) is 3. The normalized spacial score (nSPS) is 18.3. The molecule has 0 bridgehead atoms. The molecule has 4 rings (SSSR count). The summed E-state index contributed by atoms with van der Waals surface area (Å²) in [6.45, 7) is 2.89. The summed E-state index contributed by atoms with van der Waals surface area (Å²) in [5, 5.41) is 24.4. The van der Waals surface area contributed by atoms with Gasteiger partial charge in [-0.05, 0) is 65.8 Å². The molecule has 2 aromatic carbocycles. The fourth-order valence-electron chi connectivity index (χ4n) is 4.58. The van der Waals surface area contributed by atoms with Gasteiger partial charge in [0.15, 0.2) is 6.17 Å². The molecule has 1 aliphatic carbocycles. The van der Waals surface area contributed by atoms with Crippen LogP contribution in [0, 0.1) is 24.1 Å². The Morgan fingerprint density at radius 1 is 1.23 bits per heavy atom. The number of aryl methyl sites for hydroxylation is 1. The fourth-order valence-corrected chi connectivity index (χ4v) is 4.58. The van der Waals surface area contributed by atoms with Gasteiger partial charge >= 0.3 is 0 Å². The van der Waals surface area contributed by atoms with E-state index in [1.165, 1.54) is 0 Å². The summed E-state index contributed by atoms with van der Waals surface area (Å²) in [4.78, 5) is 0. The number of benzene rings is 2. The predicted molar refractivity (Wildman–Crippen MR) is 122 cm³/mol. The standard InChI is InChI=1S/C25H23F4N3O.CH3F/c1-12(26)24(29)20-8-16(27)6-15(10-30)18(20)7-14-4-5-17(21-11-31-32(3)13(21)2)23-19(14)9-22(28)25(23)33;1-2/h4-6,8,11-12,22,24-25,33H,7,9H2,1-3H3;1H3. The van der Waals surface area contributed by atoms with Crippen molar-refractivity contribution in [1.82, 2.24) is 9.78 Å². The zero-order chi connectivity index (χ0) is 26.0. The van der Waals surface area contributed by atoms with E-state index in [4.69, 9.17) is 0 Å². The van der Waals surface area contributed by atoms with Crippen LogP contribution in [0.2, 0.25) is 0 Å². The molecular formula is C26H26F5N3O. The molecule has 3 aromatic rings. The van der Waals surface area contributed by atoms with E-state index in [9.17, 15) is 32.3 Å². The molecule has 0 amide bonds. The van der Waals surface area contributed by atoms with Gasteiger partial charge in [0.1, 0.15) is 24.3 Å². The number of halogens is 5.